The minimum Gasteiger partial charge on any atom is -0.365 e. The Bertz CT molecular complexity index is 942. The Morgan fingerprint density at radius 3 is 2.68 bits per heavy atom. The van der Waals surface area contributed by atoms with Gasteiger partial charge in [-0.3, -0.25) is 14.6 Å². The van der Waals surface area contributed by atoms with Crippen LogP contribution in [0, 0.1) is 6.92 Å². The smallest absolute Gasteiger partial charge is 0.252 e. The lowest BCUT2D eigenvalue weighted by Crippen LogP contribution is -2.48. The fourth-order valence-corrected chi connectivity index (χ4v) is 3.92. The zero-order chi connectivity index (χ0) is 19.8. The number of rotatable bonds is 5. The van der Waals surface area contributed by atoms with Crippen molar-refractivity contribution in [3.8, 4) is 0 Å². The van der Waals surface area contributed by atoms with E-state index in [4.69, 9.17) is 5.73 Å². The van der Waals surface area contributed by atoms with E-state index in [1.807, 2.05) is 24.0 Å². The minimum absolute atomic E-state index is 0.0292. The van der Waals surface area contributed by atoms with Crippen molar-refractivity contribution in [3.05, 3.63) is 54.4 Å². The maximum atomic E-state index is 12.0. The largest absolute Gasteiger partial charge is 0.365 e. The number of hydrogen-bond donors (Lipinski definition) is 2. The van der Waals surface area contributed by atoms with Crippen molar-refractivity contribution in [2.75, 3.05) is 23.3 Å². The van der Waals surface area contributed by atoms with Gasteiger partial charge in [0.2, 0.25) is 5.91 Å². The first-order chi connectivity index (χ1) is 13.5. The van der Waals surface area contributed by atoms with Gasteiger partial charge < -0.3 is 20.9 Å². The summed E-state index contributed by atoms with van der Waals surface area (Å²) in [6, 6.07) is 7.60. The molecule has 2 aromatic heterocycles. The molecule has 144 valence electrons. The van der Waals surface area contributed by atoms with Gasteiger partial charge in [-0.15, -0.1) is 0 Å². The highest BCUT2D eigenvalue weighted by molar-refractivity contribution is 5.98. The van der Waals surface area contributed by atoms with E-state index in [0.717, 1.165) is 23.6 Å². The molecular weight excluding hydrogens is 356 g/mol. The van der Waals surface area contributed by atoms with Gasteiger partial charge in [-0.2, -0.15) is 0 Å². The highest BCUT2D eigenvalue weighted by atomic mass is 16.2. The summed E-state index contributed by atoms with van der Waals surface area (Å²) in [5.74, 6) is 0.578. The molecule has 0 aliphatic carbocycles. The Morgan fingerprint density at radius 1 is 1.25 bits per heavy atom. The number of aromatic nitrogens is 2. The van der Waals surface area contributed by atoms with Gasteiger partial charge in [0.1, 0.15) is 11.6 Å². The number of nitrogens with one attached hydrogen (secondary N) is 1. The number of carbonyl (C=O) groups excluding carboxylic acids is 2. The molecule has 2 bridgehead atoms. The molecule has 2 aromatic rings. The Balaban J connectivity index is 1.59. The molecule has 2 atom stereocenters. The SMILES string of the molecule is C=CC(=O)N1C[C@H]2C[C@@H]1CN2c1ccc(C(N)=O)c(Nc2ccc(C)nc2)n1. The van der Waals surface area contributed by atoms with E-state index in [1.54, 1.807) is 18.3 Å². The topological polar surface area (TPSA) is 104 Å². The molecule has 2 fully saturated rings. The van der Waals surface area contributed by atoms with Gasteiger partial charge >= 0.3 is 0 Å². The molecule has 2 saturated heterocycles. The number of likely N-dealkylation sites (tertiary alicyclic amines) is 1. The second kappa shape index (κ2) is 6.95. The molecule has 2 aliphatic heterocycles. The number of primary amides is 1. The highest BCUT2D eigenvalue weighted by Crippen LogP contribution is 2.35. The van der Waals surface area contributed by atoms with Crippen LogP contribution < -0.4 is 16.0 Å². The van der Waals surface area contributed by atoms with Crippen molar-refractivity contribution >= 4 is 29.1 Å². The molecule has 4 rings (SSSR count). The third-order valence-corrected chi connectivity index (χ3v) is 5.31. The zero-order valence-electron chi connectivity index (χ0n) is 15.6. The van der Waals surface area contributed by atoms with E-state index in [-0.39, 0.29) is 18.0 Å². The fraction of sp³-hybridized carbons (Fsp3) is 0.300. The van der Waals surface area contributed by atoms with Crippen LogP contribution in [0.4, 0.5) is 17.3 Å². The van der Waals surface area contributed by atoms with Crippen molar-refractivity contribution in [2.45, 2.75) is 25.4 Å². The lowest BCUT2D eigenvalue weighted by Gasteiger charge is -2.34. The average Bonchev–Trinajstić information content (AvgIpc) is 3.30. The van der Waals surface area contributed by atoms with Crippen LogP contribution in [0.1, 0.15) is 22.5 Å². The third kappa shape index (κ3) is 3.17. The molecule has 0 aromatic carbocycles. The molecule has 0 unspecified atom stereocenters. The molecular formula is C20H22N6O2. The second-order valence-electron chi connectivity index (χ2n) is 7.13. The Hall–Kier alpha value is -3.42. The van der Waals surface area contributed by atoms with Crippen LogP contribution in [0.15, 0.2) is 43.1 Å². The first-order valence-corrected chi connectivity index (χ1v) is 9.16. The molecule has 0 radical (unpaired) electrons. The van der Waals surface area contributed by atoms with Gasteiger partial charge in [0.15, 0.2) is 0 Å². The molecule has 8 heteroatoms. The number of anilines is 3. The fourth-order valence-electron chi connectivity index (χ4n) is 3.92. The van der Waals surface area contributed by atoms with E-state index in [2.05, 4.69) is 26.8 Å². The molecule has 2 aliphatic rings. The molecule has 3 N–H and O–H groups in total. The standard InChI is InChI=1S/C20H22N6O2/c1-3-18(27)26-11-14-8-15(26)10-25(14)17-7-6-16(19(21)28)20(24-17)23-13-5-4-12(2)22-9-13/h3-7,9,14-15H,1,8,10-11H2,2H3,(H2,21,28)(H,23,24)/t14-,15-/m1/s1. The van der Waals surface area contributed by atoms with Gasteiger partial charge in [0.25, 0.3) is 5.91 Å². The molecule has 0 saturated carbocycles. The third-order valence-electron chi connectivity index (χ3n) is 5.31. The quantitative estimate of drug-likeness (QED) is 0.766. The predicted molar refractivity (Wildman–Crippen MR) is 106 cm³/mol. The lowest BCUT2D eigenvalue weighted by atomic mass is 10.2. The monoisotopic (exact) mass is 378 g/mol. The number of aryl methyl sites for hydroxylation is 1. The summed E-state index contributed by atoms with van der Waals surface area (Å²) in [7, 11) is 0. The number of nitrogens with two attached hydrogens (primary N) is 1. The maximum Gasteiger partial charge on any atom is 0.252 e. The number of pyridine rings is 2. The molecule has 8 nitrogen and oxygen atoms in total. The Kier molecular flexibility index (Phi) is 4.46. The second-order valence-corrected chi connectivity index (χ2v) is 7.13. The average molecular weight is 378 g/mol. The number of amides is 2. The van der Waals surface area contributed by atoms with E-state index in [1.165, 1.54) is 6.08 Å². The summed E-state index contributed by atoms with van der Waals surface area (Å²) in [6.45, 7) is 6.84. The number of fused-ring (bicyclic) bond motifs is 2. The molecule has 0 spiro atoms. The van der Waals surface area contributed by atoms with Gasteiger partial charge in [-0.1, -0.05) is 6.58 Å². The van der Waals surface area contributed by atoms with Crippen LogP contribution in [0.5, 0.6) is 0 Å². The van der Waals surface area contributed by atoms with Gasteiger partial charge in [0.05, 0.1) is 29.5 Å². The van der Waals surface area contributed by atoms with E-state index < -0.39 is 5.91 Å². The first-order valence-electron chi connectivity index (χ1n) is 9.16. The van der Waals surface area contributed by atoms with Gasteiger partial charge in [0, 0.05) is 18.8 Å². The molecule has 2 amide bonds. The van der Waals surface area contributed by atoms with Gasteiger partial charge in [-0.25, -0.2) is 4.98 Å². The van der Waals surface area contributed by atoms with Crippen LogP contribution in [-0.2, 0) is 4.79 Å². The Labute approximate surface area is 163 Å². The molecule has 4 heterocycles. The normalized spacial score (nSPS) is 20.3. The van der Waals surface area contributed by atoms with Crippen molar-refractivity contribution in [1.29, 1.82) is 0 Å². The first kappa shape index (κ1) is 18.0. The van der Waals surface area contributed by atoms with Crippen molar-refractivity contribution in [1.82, 2.24) is 14.9 Å². The van der Waals surface area contributed by atoms with E-state index in [0.29, 0.717) is 24.5 Å². The number of hydrogen-bond acceptors (Lipinski definition) is 6. The van der Waals surface area contributed by atoms with Crippen molar-refractivity contribution < 1.29 is 9.59 Å². The predicted octanol–water partition coefficient (Wildman–Crippen LogP) is 1.60. The van der Waals surface area contributed by atoms with Crippen molar-refractivity contribution in [3.63, 3.8) is 0 Å². The summed E-state index contributed by atoms with van der Waals surface area (Å²) in [5.41, 5.74) is 7.46. The Morgan fingerprint density at radius 2 is 2.07 bits per heavy atom. The maximum absolute atomic E-state index is 12.0. The van der Waals surface area contributed by atoms with Crippen LogP contribution in [0.25, 0.3) is 0 Å². The number of nitrogens with zero attached hydrogens (tertiary/aromatic N) is 4. The zero-order valence-corrected chi connectivity index (χ0v) is 15.6. The van der Waals surface area contributed by atoms with Crippen LogP contribution in [0.2, 0.25) is 0 Å². The summed E-state index contributed by atoms with van der Waals surface area (Å²) in [5, 5.41) is 3.15. The summed E-state index contributed by atoms with van der Waals surface area (Å²) in [4.78, 5) is 36.8. The van der Waals surface area contributed by atoms with Crippen LogP contribution in [0.3, 0.4) is 0 Å². The van der Waals surface area contributed by atoms with Crippen molar-refractivity contribution in [2.24, 2.45) is 5.73 Å². The summed E-state index contributed by atoms with van der Waals surface area (Å²) < 4.78 is 0. The lowest BCUT2D eigenvalue weighted by molar-refractivity contribution is -0.127. The number of piperazine rings is 1. The summed E-state index contributed by atoms with van der Waals surface area (Å²) >= 11 is 0. The summed E-state index contributed by atoms with van der Waals surface area (Å²) in [6.07, 6.45) is 3.96. The highest BCUT2D eigenvalue weighted by Gasteiger charge is 2.45. The minimum atomic E-state index is -0.549. The van der Waals surface area contributed by atoms with E-state index >= 15 is 0 Å². The van der Waals surface area contributed by atoms with Crippen LogP contribution >= 0.6 is 0 Å². The molecule has 28 heavy (non-hydrogen) atoms. The van der Waals surface area contributed by atoms with E-state index in [9.17, 15) is 9.59 Å². The number of carbonyl (C=O) groups is 2. The van der Waals surface area contributed by atoms with Crippen LogP contribution in [-0.4, -0.2) is 51.9 Å². The van der Waals surface area contributed by atoms with Gasteiger partial charge in [-0.05, 0) is 43.7 Å².